The van der Waals surface area contributed by atoms with Crippen LogP contribution >= 0.6 is 0 Å². The molecule has 0 fully saturated rings. The molecule has 2 aromatic carbocycles. The average Bonchev–Trinajstić information content (AvgIpc) is 2.53. The molecule has 0 heterocycles. The van der Waals surface area contributed by atoms with E-state index in [2.05, 4.69) is 0 Å². The first-order valence-electron chi connectivity index (χ1n) is 6.96. The van der Waals surface area contributed by atoms with Crippen molar-refractivity contribution >= 4 is 0 Å². The summed E-state index contributed by atoms with van der Waals surface area (Å²) in [5.41, 5.74) is 6.40. The van der Waals surface area contributed by atoms with Gasteiger partial charge in [-0.15, -0.1) is 0 Å². The first kappa shape index (κ1) is 15.3. The van der Waals surface area contributed by atoms with Crippen molar-refractivity contribution in [3.63, 3.8) is 0 Å². The van der Waals surface area contributed by atoms with Crippen LogP contribution in [-0.4, -0.2) is 20.3 Å². The van der Waals surface area contributed by atoms with Gasteiger partial charge in [0.05, 0.1) is 13.7 Å². The molecule has 0 spiro atoms. The molecule has 0 amide bonds. The lowest BCUT2D eigenvalue weighted by atomic mass is 9.96. The molecule has 0 aromatic heterocycles. The normalized spacial score (nSPS) is 12.0. The van der Waals surface area contributed by atoms with Crippen molar-refractivity contribution in [1.29, 1.82) is 0 Å². The van der Waals surface area contributed by atoms with E-state index in [-0.39, 0.29) is 11.7 Å². The minimum absolute atomic E-state index is 0.0375. The van der Waals surface area contributed by atoms with E-state index >= 15 is 0 Å². The zero-order valence-corrected chi connectivity index (χ0v) is 12.1. The summed E-state index contributed by atoms with van der Waals surface area (Å²) in [5, 5.41) is 0. The van der Waals surface area contributed by atoms with Crippen LogP contribution in [0.4, 0.5) is 4.39 Å². The molecule has 21 heavy (non-hydrogen) atoms. The number of methoxy groups -OCH3 is 1. The van der Waals surface area contributed by atoms with Gasteiger partial charge in [-0.05, 0) is 48.9 Å². The Morgan fingerprint density at radius 3 is 2.33 bits per heavy atom. The highest BCUT2D eigenvalue weighted by molar-refractivity contribution is 5.31. The van der Waals surface area contributed by atoms with E-state index in [1.54, 1.807) is 19.2 Å². The van der Waals surface area contributed by atoms with Crippen molar-refractivity contribution in [2.45, 2.75) is 12.3 Å². The molecule has 0 aliphatic rings. The second-order valence-electron chi connectivity index (χ2n) is 4.77. The van der Waals surface area contributed by atoms with E-state index in [0.29, 0.717) is 25.1 Å². The Hall–Kier alpha value is -2.07. The van der Waals surface area contributed by atoms with E-state index in [0.717, 1.165) is 11.5 Å². The van der Waals surface area contributed by atoms with Gasteiger partial charge >= 0.3 is 0 Å². The van der Waals surface area contributed by atoms with Crippen molar-refractivity contribution in [2.24, 2.45) is 5.73 Å². The number of nitrogens with two attached hydrogens (primary N) is 1. The summed E-state index contributed by atoms with van der Waals surface area (Å²) in [6.45, 7) is 0.884. The molecule has 0 bridgehead atoms. The Bertz CT molecular complexity index is 557. The van der Waals surface area contributed by atoms with Crippen LogP contribution < -0.4 is 15.2 Å². The monoisotopic (exact) mass is 289 g/mol. The summed E-state index contributed by atoms with van der Waals surface area (Å²) in [5.74, 6) is 1.30. The summed E-state index contributed by atoms with van der Waals surface area (Å²) in [4.78, 5) is 0. The molecule has 2 N–H and O–H groups in total. The van der Waals surface area contributed by atoms with Crippen molar-refractivity contribution in [3.8, 4) is 11.5 Å². The molecule has 0 aliphatic carbocycles. The van der Waals surface area contributed by atoms with E-state index < -0.39 is 0 Å². The highest BCUT2D eigenvalue weighted by Gasteiger charge is 2.13. The van der Waals surface area contributed by atoms with Crippen LogP contribution in [0.1, 0.15) is 17.9 Å². The van der Waals surface area contributed by atoms with Crippen LogP contribution in [0.3, 0.4) is 0 Å². The van der Waals surface area contributed by atoms with Gasteiger partial charge in [0.1, 0.15) is 17.3 Å². The third kappa shape index (κ3) is 4.20. The van der Waals surface area contributed by atoms with Crippen molar-refractivity contribution < 1.29 is 13.9 Å². The smallest absolute Gasteiger partial charge is 0.126 e. The van der Waals surface area contributed by atoms with Gasteiger partial charge in [-0.2, -0.15) is 0 Å². The van der Waals surface area contributed by atoms with Crippen LogP contribution in [0.5, 0.6) is 11.5 Å². The Balaban J connectivity index is 1.90. The molecule has 1 unspecified atom stereocenters. The molecule has 0 saturated carbocycles. The van der Waals surface area contributed by atoms with Crippen molar-refractivity contribution in [3.05, 3.63) is 59.9 Å². The molecule has 0 aliphatic heterocycles. The van der Waals surface area contributed by atoms with Crippen LogP contribution in [-0.2, 0) is 0 Å². The van der Waals surface area contributed by atoms with Crippen LogP contribution in [0.25, 0.3) is 0 Å². The second kappa shape index (κ2) is 7.64. The number of hydrogen-bond donors (Lipinski definition) is 1. The Labute approximate surface area is 124 Å². The number of rotatable bonds is 7. The lowest BCUT2D eigenvalue weighted by molar-refractivity contribution is 0.296. The lowest BCUT2D eigenvalue weighted by Crippen LogP contribution is -2.16. The largest absolute Gasteiger partial charge is 0.497 e. The van der Waals surface area contributed by atoms with Gasteiger partial charge in [-0.1, -0.05) is 18.2 Å². The van der Waals surface area contributed by atoms with E-state index in [9.17, 15) is 4.39 Å². The average molecular weight is 289 g/mol. The maximum atomic E-state index is 13.8. The van der Waals surface area contributed by atoms with Crippen LogP contribution in [0.15, 0.2) is 48.5 Å². The predicted molar refractivity (Wildman–Crippen MR) is 81.3 cm³/mol. The molecular weight excluding hydrogens is 269 g/mol. The van der Waals surface area contributed by atoms with Crippen LogP contribution in [0, 0.1) is 5.82 Å². The zero-order valence-electron chi connectivity index (χ0n) is 12.1. The maximum Gasteiger partial charge on any atom is 0.126 e. The summed E-state index contributed by atoms with van der Waals surface area (Å²) >= 11 is 0. The standard InChI is InChI=1S/C17H20FNO2/c1-20-14-6-8-15(9-7-14)21-11-10-13(12-19)16-4-2-3-5-17(16)18/h2-9,13H,10-12,19H2,1H3. The van der Waals surface area contributed by atoms with Gasteiger partial charge in [-0.25, -0.2) is 4.39 Å². The Morgan fingerprint density at radius 1 is 1.05 bits per heavy atom. The molecule has 0 saturated heterocycles. The molecular formula is C17H20FNO2. The van der Waals surface area contributed by atoms with Gasteiger partial charge < -0.3 is 15.2 Å². The second-order valence-corrected chi connectivity index (χ2v) is 4.77. The fourth-order valence-corrected chi connectivity index (χ4v) is 2.20. The van der Waals surface area contributed by atoms with Gasteiger partial charge in [-0.3, -0.25) is 0 Å². The fraction of sp³-hybridized carbons (Fsp3) is 0.294. The molecule has 4 heteroatoms. The summed E-state index contributed by atoms with van der Waals surface area (Å²) in [7, 11) is 1.62. The third-order valence-corrected chi connectivity index (χ3v) is 3.42. The van der Waals surface area contributed by atoms with E-state index in [1.165, 1.54) is 6.07 Å². The summed E-state index contributed by atoms with van der Waals surface area (Å²) in [6.07, 6.45) is 0.670. The first-order valence-corrected chi connectivity index (χ1v) is 6.96. The Morgan fingerprint density at radius 2 is 1.71 bits per heavy atom. The lowest BCUT2D eigenvalue weighted by Gasteiger charge is -2.16. The minimum atomic E-state index is -0.211. The van der Waals surface area contributed by atoms with Crippen molar-refractivity contribution in [1.82, 2.24) is 0 Å². The highest BCUT2D eigenvalue weighted by Crippen LogP contribution is 2.22. The number of hydrogen-bond acceptors (Lipinski definition) is 3. The predicted octanol–water partition coefficient (Wildman–Crippen LogP) is 3.35. The Kier molecular flexibility index (Phi) is 5.58. The molecule has 0 radical (unpaired) electrons. The zero-order chi connectivity index (χ0) is 15.1. The van der Waals surface area contributed by atoms with Gasteiger partial charge in [0.25, 0.3) is 0 Å². The quantitative estimate of drug-likeness (QED) is 0.850. The summed E-state index contributed by atoms with van der Waals surface area (Å²) < 4.78 is 24.5. The van der Waals surface area contributed by atoms with E-state index in [1.807, 2.05) is 30.3 Å². The molecule has 3 nitrogen and oxygen atoms in total. The number of halogens is 1. The van der Waals surface area contributed by atoms with Crippen molar-refractivity contribution in [2.75, 3.05) is 20.3 Å². The van der Waals surface area contributed by atoms with E-state index in [4.69, 9.17) is 15.2 Å². The molecule has 2 rings (SSSR count). The van der Waals surface area contributed by atoms with Gasteiger partial charge in [0.2, 0.25) is 0 Å². The number of benzene rings is 2. The fourth-order valence-electron chi connectivity index (χ4n) is 2.20. The third-order valence-electron chi connectivity index (χ3n) is 3.42. The highest BCUT2D eigenvalue weighted by atomic mass is 19.1. The van der Waals surface area contributed by atoms with Crippen LogP contribution in [0.2, 0.25) is 0 Å². The molecule has 1 atom stereocenters. The molecule has 2 aromatic rings. The summed E-state index contributed by atoms with van der Waals surface area (Å²) in [6, 6.07) is 14.1. The SMILES string of the molecule is COc1ccc(OCCC(CN)c2ccccc2F)cc1. The number of ether oxygens (including phenoxy) is 2. The maximum absolute atomic E-state index is 13.8. The van der Waals surface area contributed by atoms with Gasteiger partial charge in [0, 0.05) is 5.92 Å². The topological polar surface area (TPSA) is 44.5 Å². The molecule has 112 valence electrons. The first-order chi connectivity index (χ1) is 10.2. The minimum Gasteiger partial charge on any atom is -0.497 e. The van der Waals surface area contributed by atoms with Gasteiger partial charge in [0.15, 0.2) is 0 Å².